The van der Waals surface area contributed by atoms with Gasteiger partial charge in [-0.05, 0) is 43.4 Å². The summed E-state index contributed by atoms with van der Waals surface area (Å²) in [6, 6.07) is 9.50. The zero-order chi connectivity index (χ0) is 23.7. The summed E-state index contributed by atoms with van der Waals surface area (Å²) in [5.74, 6) is 1.93. The van der Waals surface area contributed by atoms with Gasteiger partial charge in [0.2, 0.25) is 23.2 Å². The summed E-state index contributed by atoms with van der Waals surface area (Å²) in [6.45, 7) is 7.50. The molecule has 9 heteroatoms. The van der Waals surface area contributed by atoms with Crippen molar-refractivity contribution in [1.82, 2.24) is 15.2 Å². The van der Waals surface area contributed by atoms with Crippen LogP contribution in [-0.2, 0) is 4.79 Å². The highest BCUT2D eigenvalue weighted by atomic mass is 32.2. The Hall–Kier alpha value is -3.33. The van der Waals surface area contributed by atoms with Gasteiger partial charge in [0.05, 0.1) is 25.5 Å². The number of para-hydroxylation sites is 1. The van der Waals surface area contributed by atoms with Crippen molar-refractivity contribution in [3.8, 4) is 28.6 Å². The Bertz CT molecular complexity index is 1220. The molecule has 8 nitrogen and oxygen atoms in total. The fraction of sp³-hybridized carbons (Fsp3) is 0.333. The van der Waals surface area contributed by atoms with E-state index in [1.54, 1.807) is 25.2 Å². The molecule has 1 atom stereocenters. The van der Waals surface area contributed by atoms with Crippen LogP contribution in [0, 0.1) is 13.8 Å². The van der Waals surface area contributed by atoms with Gasteiger partial charge in [-0.3, -0.25) is 9.69 Å². The minimum Gasteiger partial charge on any atom is -0.493 e. The zero-order valence-electron chi connectivity index (χ0n) is 19.5. The summed E-state index contributed by atoms with van der Waals surface area (Å²) in [7, 11) is 3.13. The molecule has 0 saturated heterocycles. The highest BCUT2D eigenvalue weighted by molar-refractivity contribution is 7.99. The predicted molar refractivity (Wildman–Crippen MR) is 127 cm³/mol. The molecule has 1 aliphatic heterocycles. The molecule has 33 heavy (non-hydrogen) atoms. The third kappa shape index (κ3) is 4.08. The second kappa shape index (κ2) is 9.27. The number of rotatable bonds is 5. The van der Waals surface area contributed by atoms with Gasteiger partial charge < -0.3 is 14.2 Å². The number of nitrogens with zero attached hydrogens (tertiary/aromatic N) is 4. The molecular formula is C24H26N4O4S. The van der Waals surface area contributed by atoms with E-state index >= 15 is 0 Å². The number of anilines is 1. The van der Waals surface area contributed by atoms with Crippen LogP contribution in [0.3, 0.4) is 0 Å². The van der Waals surface area contributed by atoms with Gasteiger partial charge in [-0.15, -0.1) is 10.2 Å². The molecule has 0 bridgehead atoms. The van der Waals surface area contributed by atoms with Gasteiger partial charge in [0.15, 0.2) is 17.2 Å². The SMILES string of the molecule is CCSc1nnc2c(n1)O[C@H](c1cccc(OC)c1OC)N(C(C)=O)c1c(C)cc(C)cc1-2. The molecule has 2 heterocycles. The summed E-state index contributed by atoms with van der Waals surface area (Å²) < 4.78 is 17.6. The summed E-state index contributed by atoms with van der Waals surface area (Å²) in [6.07, 6.45) is -0.856. The normalized spacial score (nSPS) is 14.6. The summed E-state index contributed by atoms with van der Waals surface area (Å²) in [4.78, 5) is 19.4. The van der Waals surface area contributed by atoms with Crippen molar-refractivity contribution in [2.24, 2.45) is 0 Å². The Labute approximate surface area is 197 Å². The smallest absolute Gasteiger partial charge is 0.247 e. The lowest BCUT2D eigenvalue weighted by Gasteiger charge is -2.32. The van der Waals surface area contributed by atoms with Crippen LogP contribution in [0.15, 0.2) is 35.5 Å². The molecule has 172 valence electrons. The molecule has 0 unspecified atom stereocenters. The fourth-order valence-corrected chi connectivity index (χ4v) is 4.61. The number of aryl methyl sites for hydroxylation is 2. The number of amides is 1. The molecule has 0 saturated carbocycles. The van der Waals surface area contributed by atoms with Crippen LogP contribution in [0.2, 0.25) is 0 Å². The number of carbonyl (C=O) groups is 1. The van der Waals surface area contributed by atoms with E-state index < -0.39 is 6.23 Å². The number of carbonyl (C=O) groups excluding carboxylic acids is 1. The highest BCUT2D eigenvalue weighted by Crippen LogP contribution is 2.48. The molecule has 0 aliphatic carbocycles. The first-order valence-corrected chi connectivity index (χ1v) is 11.5. The van der Waals surface area contributed by atoms with E-state index in [4.69, 9.17) is 14.2 Å². The molecule has 0 fully saturated rings. The van der Waals surface area contributed by atoms with Crippen LogP contribution in [0.4, 0.5) is 5.69 Å². The third-order valence-electron chi connectivity index (χ3n) is 5.35. The molecule has 0 N–H and O–H groups in total. The Morgan fingerprint density at radius 1 is 1.18 bits per heavy atom. The van der Waals surface area contributed by atoms with Crippen LogP contribution >= 0.6 is 11.8 Å². The van der Waals surface area contributed by atoms with Gasteiger partial charge in [-0.25, -0.2) is 0 Å². The molecule has 1 amide bonds. The largest absolute Gasteiger partial charge is 0.493 e. The van der Waals surface area contributed by atoms with Gasteiger partial charge in [0, 0.05) is 12.5 Å². The average molecular weight is 467 g/mol. The third-order valence-corrected chi connectivity index (χ3v) is 6.07. The van der Waals surface area contributed by atoms with Crippen molar-refractivity contribution in [3.63, 3.8) is 0 Å². The van der Waals surface area contributed by atoms with E-state index in [1.807, 2.05) is 45.0 Å². The second-order valence-electron chi connectivity index (χ2n) is 7.60. The standard InChI is InChI=1S/C24H26N4O4S/c1-7-33-24-25-22-19(26-27-24)17-12-13(2)11-14(3)20(17)28(15(4)29)23(32-22)16-9-8-10-18(30-5)21(16)31-6/h8-12,23H,7H2,1-6H3/t23-/m1/s1. The number of methoxy groups -OCH3 is 2. The highest BCUT2D eigenvalue weighted by Gasteiger charge is 2.37. The molecule has 2 aromatic carbocycles. The molecule has 0 spiro atoms. The number of benzene rings is 2. The Morgan fingerprint density at radius 2 is 1.97 bits per heavy atom. The van der Waals surface area contributed by atoms with E-state index in [-0.39, 0.29) is 5.91 Å². The van der Waals surface area contributed by atoms with Crippen molar-refractivity contribution in [3.05, 3.63) is 47.0 Å². The summed E-state index contributed by atoms with van der Waals surface area (Å²) in [5, 5.41) is 9.26. The number of hydrogen-bond acceptors (Lipinski definition) is 8. The second-order valence-corrected chi connectivity index (χ2v) is 8.83. The average Bonchev–Trinajstić information content (AvgIpc) is 2.93. The lowest BCUT2D eigenvalue weighted by Crippen LogP contribution is -2.36. The van der Waals surface area contributed by atoms with E-state index in [2.05, 4.69) is 15.2 Å². The Morgan fingerprint density at radius 3 is 2.64 bits per heavy atom. The Kier molecular flexibility index (Phi) is 6.42. The molecule has 3 aromatic rings. The number of aromatic nitrogens is 3. The van der Waals surface area contributed by atoms with Crippen LogP contribution in [0.1, 0.15) is 36.8 Å². The Balaban J connectivity index is 2.05. The van der Waals surface area contributed by atoms with Crippen molar-refractivity contribution in [2.45, 2.75) is 39.1 Å². The first kappa shape index (κ1) is 22.8. The minimum atomic E-state index is -0.856. The molecule has 0 radical (unpaired) electrons. The number of fused-ring (bicyclic) bond motifs is 3. The van der Waals surface area contributed by atoms with Crippen molar-refractivity contribution in [2.75, 3.05) is 24.9 Å². The summed E-state index contributed by atoms with van der Waals surface area (Å²) >= 11 is 1.47. The maximum absolute atomic E-state index is 13.1. The van der Waals surface area contributed by atoms with E-state index in [0.29, 0.717) is 39.5 Å². The lowest BCUT2D eigenvalue weighted by molar-refractivity contribution is -0.118. The first-order chi connectivity index (χ1) is 15.9. The topological polar surface area (TPSA) is 86.7 Å². The van der Waals surface area contributed by atoms with Gasteiger partial charge >= 0.3 is 0 Å². The van der Waals surface area contributed by atoms with Crippen molar-refractivity contribution >= 4 is 23.4 Å². The van der Waals surface area contributed by atoms with Crippen molar-refractivity contribution in [1.29, 1.82) is 0 Å². The van der Waals surface area contributed by atoms with Gasteiger partial charge in [-0.1, -0.05) is 36.4 Å². The number of ether oxygens (including phenoxy) is 3. The predicted octanol–water partition coefficient (Wildman–Crippen LogP) is 4.73. The number of hydrogen-bond donors (Lipinski definition) is 0. The fourth-order valence-electron chi connectivity index (χ4n) is 4.11. The minimum absolute atomic E-state index is 0.193. The number of thioether (sulfide) groups is 1. The van der Waals surface area contributed by atoms with Crippen LogP contribution in [-0.4, -0.2) is 41.1 Å². The van der Waals surface area contributed by atoms with E-state index in [1.165, 1.54) is 18.7 Å². The first-order valence-electron chi connectivity index (χ1n) is 10.6. The zero-order valence-corrected chi connectivity index (χ0v) is 20.3. The van der Waals surface area contributed by atoms with Crippen LogP contribution in [0.25, 0.3) is 11.3 Å². The molecule has 1 aromatic heterocycles. The monoisotopic (exact) mass is 466 g/mol. The lowest BCUT2D eigenvalue weighted by atomic mass is 10.00. The molecule has 4 rings (SSSR count). The van der Waals surface area contributed by atoms with Gasteiger partial charge in [0.1, 0.15) is 0 Å². The molecular weight excluding hydrogens is 440 g/mol. The molecule has 1 aliphatic rings. The van der Waals surface area contributed by atoms with Crippen LogP contribution in [0.5, 0.6) is 17.4 Å². The maximum Gasteiger partial charge on any atom is 0.247 e. The van der Waals surface area contributed by atoms with Gasteiger partial charge in [0.25, 0.3) is 0 Å². The van der Waals surface area contributed by atoms with Crippen LogP contribution < -0.4 is 19.1 Å². The van der Waals surface area contributed by atoms with E-state index in [9.17, 15) is 4.79 Å². The van der Waals surface area contributed by atoms with Gasteiger partial charge in [-0.2, -0.15) is 4.98 Å². The van der Waals surface area contributed by atoms with E-state index in [0.717, 1.165) is 22.4 Å². The maximum atomic E-state index is 13.1. The van der Waals surface area contributed by atoms with Crippen molar-refractivity contribution < 1.29 is 19.0 Å². The quantitative estimate of drug-likeness (QED) is 0.499. The summed E-state index contributed by atoms with van der Waals surface area (Å²) in [5.41, 5.74) is 4.52.